The number of nitrogens with one attached hydrogen (secondary N) is 2. The highest BCUT2D eigenvalue weighted by molar-refractivity contribution is 6.03. The zero-order valence-corrected chi connectivity index (χ0v) is 12.5. The molecule has 1 aliphatic rings. The number of amides is 2. The first-order chi connectivity index (χ1) is 11.6. The average Bonchev–Trinajstić information content (AvgIpc) is 2.94. The van der Waals surface area contributed by atoms with E-state index in [2.05, 4.69) is 15.6 Å². The Kier molecular flexibility index (Phi) is 3.26. The van der Waals surface area contributed by atoms with Crippen LogP contribution in [0.2, 0.25) is 0 Å². The second kappa shape index (κ2) is 5.45. The van der Waals surface area contributed by atoms with Gasteiger partial charge in [0.05, 0.1) is 23.1 Å². The number of benzene rings is 2. The number of para-hydroxylation sites is 3. The number of fused-ring (bicyclic) bond motifs is 3. The molecule has 6 nitrogen and oxygen atoms in total. The molecule has 120 valence electrons. The van der Waals surface area contributed by atoms with Gasteiger partial charge in [-0.3, -0.25) is 19.5 Å². The van der Waals surface area contributed by atoms with Crippen molar-refractivity contribution in [3.05, 3.63) is 54.3 Å². The molecule has 7 heteroatoms. The normalized spacial score (nSPS) is 16.5. The molecule has 24 heavy (non-hydrogen) atoms. The third-order valence-electron chi connectivity index (χ3n) is 3.97. The molecule has 0 fully saturated rings. The molecule has 2 N–H and O–H groups in total. The van der Waals surface area contributed by atoms with Crippen LogP contribution >= 0.6 is 0 Å². The molecule has 0 saturated heterocycles. The molecule has 0 spiro atoms. The highest BCUT2D eigenvalue weighted by atomic mass is 19.1. The highest BCUT2D eigenvalue weighted by Gasteiger charge is 2.33. The van der Waals surface area contributed by atoms with Crippen LogP contribution in [0, 0.1) is 5.82 Å². The van der Waals surface area contributed by atoms with E-state index >= 15 is 0 Å². The zero-order chi connectivity index (χ0) is 16.7. The Labute approximate surface area is 136 Å². The van der Waals surface area contributed by atoms with Crippen LogP contribution in [0.5, 0.6) is 0 Å². The Balaban J connectivity index is 1.75. The summed E-state index contributed by atoms with van der Waals surface area (Å²) in [6.07, 6.45) is -0.0341. The number of hydrogen-bond acceptors (Lipinski definition) is 3. The quantitative estimate of drug-likeness (QED) is 0.761. The molecule has 1 atom stereocenters. The minimum atomic E-state index is -0.791. The monoisotopic (exact) mass is 324 g/mol. The van der Waals surface area contributed by atoms with Gasteiger partial charge < -0.3 is 5.32 Å². The van der Waals surface area contributed by atoms with E-state index in [4.69, 9.17) is 0 Å². The SMILES string of the molecule is O=C1CC(C(=O)Nc2ccccc2F)n2c(nc3ccccc32)N1. The van der Waals surface area contributed by atoms with Crippen LogP contribution in [0.1, 0.15) is 12.5 Å². The van der Waals surface area contributed by atoms with Crippen LogP contribution < -0.4 is 10.6 Å². The van der Waals surface area contributed by atoms with Crippen LogP contribution in [0.4, 0.5) is 16.0 Å². The van der Waals surface area contributed by atoms with Crippen LogP contribution in [-0.4, -0.2) is 21.4 Å². The van der Waals surface area contributed by atoms with Crippen LogP contribution in [0.25, 0.3) is 11.0 Å². The minimum Gasteiger partial charge on any atom is -0.322 e. The van der Waals surface area contributed by atoms with E-state index in [0.29, 0.717) is 11.5 Å². The maximum atomic E-state index is 13.8. The number of rotatable bonds is 2. The Morgan fingerprint density at radius 3 is 2.79 bits per heavy atom. The molecular weight excluding hydrogens is 311 g/mol. The van der Waals surface area contributed by atoms with Gasteiger partial charge in [-0.05, 0) is 24.3 Å². The maximum Gasteiger partial charge on any atom is 0.248 e. The summed E-state index contributed by atoms with van der Waals surface area (Å²) in [7, 11) is 0. The van der Waals surface area contributed by atoms with Crippen LogP contribution in [-0.2, 0) is 9.59 Å². The predicted octanol–water partition coefficient (Wildman–Crippen LogP) is 2.70. The van der Waals surface area contributed by atoms with Gasteiger partial charge in [0.1, 0.15) is 11.9 Å². The van der Waals surface area contributed by atoms with E-state index in [1.807, 2.05) is 18.2 Å². The van der Waals surface area contributed by atoms with Crippen LogP contribution in [0.15, 0.2) is 48.5 Å². The molecule has 1 unspecified atom stereocenters. The van der Waals surface area contributed by atoms with E-state index in [9.17, 15) is 14.0 Å². The second-order valence-corrected chi connectivity index (χ2v) is 5.53. The molecule has 1 aliphatic heterocycles. The number of imidazole rings is 1. The molecule has 0 aliphatic carbocycles. The summed E-state index contributed by atoms with van der Waals surface area (Å²) in [5, 5.41) is 5.22. The number of hydrogen-bond donors (Lipinski definition) is 2. The molecule has 1 aromatic heterocycles. The third kappa shape index (κ3) is 2.30. The fraction of sp³-hybridized carbons (Fsp3) is 0.118. The Morgan fingerprint density at radius 1 is 1.21 bits per heavy atom. The smallest absolute Gasteiger partial charge is 0.248 e. The number of halogens is 1. The fourth-order valence-electron chi connectivity index (χ4n) is 2.88. The molecule has 0 radical (unpaired) electrons. The van der Waals surface area contributed by atoms with Crippen molar-refractivity contribution < 1.29 is 14.0 Å². The summed E-state index contributed by atoms with van der Waals surface area (Å²) >= 11 is 0. The van der Waals surface area contributed by atoms with E-state index in [-0.39, 0.29) is 18.0 Å². The summed E-state index contributed by atoms with van der Waals surface area (Å²) in [5.41, 5.74) is 1.50. The van der Waals surface area contributed by atoms with Gasteiger partial charge in [0.25, 0.3) is 0 Å². The van der Waals surface area contributed by atoms with Gasteiger partial charge in [0, 0.05) is 0 Å². The summed E-state index contributed by atoms with van der Waals surface area (Å²) in [5.74, 6) is -0.964. The van der Waals surface area contributed by atoms with Crippen molar-refractivity contribution in [1.29, 1.82) is 0 Å². The molecule has 2 amide bonds. The number of aromatic nitrogens is 2. The summed E-state index contributed by atoms with van der Waals surface area (Å²) in [6.45, 7) is 0. The molecule has 0 bridgehead atoms. The van der Waals surface area contributed by atoms with E-state index in [1.54, 1.807) is 22.8 Å². The molecule has 0 saturated carbocycles. The number of nitrogens with zero attached hydrogens (tertiary/aromatic N) is 2. The number of carbonyl (C=O) groups excluding carboxylic acids is 2. The summed E-state index contributed by atoms with van der Waals surface area (Å²) < 4.78 is 15.4. The molecular formula is C17H13FN4O2. The first-order valence-corrected chi connectivity index (χ1v) is 7.46. The van der Waals surface area contributed by atoms with E-state index in [0.717, 1.165) is 5.52 Å². The highest BCUT2D eigenvalue weighted by Crippen LogP contribution is 2.31. The van der Waals surface area contributed by atoms with Gasteiger partial charge in [0.2, 0.25) is 17.8 Å². The lowest BCUT2D eigenvalue weighted by molar-refractivity contribution is -0.124. The van der Waals surface area contributed by atoms with Crippen molar-refractivity contribution >= 4 is 34.5 Å². The van der Waals surface area contributed by atoms with Crippen molar-refractivity contribution in [2.75, 3.05) is 10.6 Å². The lowest BCUT2D eigenvalue weighted by atomic mass is 10.1. The van der Waals surface area contributed by atoms with Crippen molar-refractivity contribution in [3.8, 4) is 0 Å². The minimum absolute atomic E-state index is 0.0341. The zero-order valence-electron chi connectivity index (χ0n) is 12.5. The molecule has 2 aromatic carbocycles. The largest absolute Gasteiger partial charge is 0.322 e. The standard InChI is InChI=1S/C17H13FN4O2/c18-10-5-1-2-6-11(10)19-16(24)14-9-15(23)21-17-20-12-7-3-4-8-13(12)22(14)17/h1-8,14H,9H2,(H,19,24)(H,20,21,23). The third-order valence-corrected chi connectivity index (χ3v) is 3.97. The number of carbonyl (C=O) groups is 2. The van der Waals surface area contributed by atoms with Gasteiger partial charge in [-0.25, -0.2) is 9.37 Å². The van der Waals surface area contributed by atoms with E-state index in [1.165, 1.54) is 12.1 Å². The van der Waals surface area contributed by atoms with Crippen LogP contribution in [0.3, 0.4) is 0 Å². The molecule has 4 rings (SSSR count). The van der Waals surface area contributed by atoms with E-state index < -0.39 is 17.8 Å². The van der Waals surface area contributed by atoms with Gasteiger partial charge in [-0.2, -0.15) is 0 Å². The lowest BCUT2D eigenvalue weighted by Gasteiger charge is -2.25. The fourth-order valence-corrected chi connectivity index (χ4v) is 2.88. The Morgan fingerprint density at radius 2 is 1.96 bits per heavy atom. The first kappa shape index (κ1) is 14.4. The van der Waals surface area contributed by atoms with Gasteiger partial charge in [-0.15, -0.1) is 0 Å². The molecule has 3 aromatic rings. The molecule has 2 heterocycles. The predicted molar refractivity (Wildman–Crippen MR) is 87.0 cm³/mol. The average molecular weight is 324 g/mol. The van der Waals surface area contributed by atoms with Gasteiger partial charge >= 0.3 is 0 Å². The lowest BCUT2D eigenvalue weighted by Crippen LogP contribution is -2.35. The van der Waals surface area contributed by atoms with Crippen molar-refractivity contribution in [2.45, 2.75) is 12.5 Å². The summed E-state index contributed by atoms with van der Waals surface area (Å²) in [4.78, 5) is 28.9. The van der Waals surface area contributed by atoms with Crippen molar-refractivity contribution in [1.82, 2.24) is 9.55 Å². The topological polar surface area (TPSA) is 76.0 Å². The maximum absolute atomic E-state index is 13.8. The Hall–Kier alpha value is -3.22. The second-order valence-electron chi connectivity index (χ2n) is 5.53. The summed E-state index contributed by atoms with van der Waals surface area (Å²) in [6, 6.07) is 12.4. The van der Waals surface area contributed by atoms with Crippen molar-refractivity contribution in [2.24, 2.45) is 0 Å². The first-order valence-electron chi connectivity index (χ1n) is 7.46. The van der Waals surface area contributed by atoms with Gasteiger partial charge in [0.15, 0.2) is 0 Å². The number of anilines is 2. The van der Waals surface area contributed by atoms with Gasteiger partial charge in [-0.1, -0.05) is 24.3 Å². The Bertz CT molecular complexity index is 966. The van der Waals surface area contributed by atoms with Crippen molar-refractivity contribution in [3.63, 3.8) is 0 Å².